The molecule has 9 nitrogen and oxygen atoms in total. The first-order chi connectivity index (χ1) is 17.9. The second kappa shape index (κ2) is 10.4. The molecule has 0 fully saturated rings. The lowest BCUT2D eigenvalue weighted by molar-refractivity contribution is -0.302. The number of fused-ring (bicyclic) bond motifs is 1. The zero-order chi connectivity index (χ0) is 27.6. The number of aromatic nitrogens is 2. The van der Waals surface area contributed by atoms with Crippen LogP contribution in [0.15, 0.2) is 54.6 Å². The molecule has 0 aliphatic heterocycles. The third kappa shape index (κ3) is 5.70. The maximum absolute atomic E-state index is 13.4. The number of carboxylic acid groups (broad SMARTS) is 1. The van der Waals surface area contributed by atoms with Crippen LogP contribution in [0.3, 0.4) is 0 Å². The number of carboxylic acids is 1. The molecule has 0 radical (unpaired) electrons. The number of aliphatic carboxylic acids is 1. The Labute approximate surface area is 218 Å². The molecule has 4 rings (SSSR count). The molecule has 13 heteroatoms. The Morgan fingerprint density at radius 3 is 2.42 bits per heavy atom. The van der Waals surface area contributed by atoms with Gasteiger partial charge in [-0.1, -0.05) is 29.8 Å². The number of aromatic amines is 1. The standard InChI is InChI=1S/C25H19ClF3N5O4/c1-12-17(26)7-4-8-18(12)32-23(38)15-9-13(10-19-21(15)34-24(33-19)30-11-20(35)36)31-22(37)14-5-2-3-6-16(14)25(27,28)29/h2-10H,11H2,1H3,(H,31,37)(H,32,38)(H,35,36)(H2,30,33,34)/p-1. The van der Waals surface area contributed by atoms with Gasteiger partial charge in [0, 0.05) is 16.4 Å². The minimum Gasteiger partial charge on any atom is -0.548 e. The fourth-order valence-corrected chi connectivity index (χ4v) is 3.84. The molecule has 0 spiro atoms. The third-order valence-electron chi connectivity index (χ3n) is 5.48. The number of hydrogen-bond acceptors (Lipinski definition) is 6. The number of halogens is 4. The van der Waals surface area contributed by atoms with Gasteiger partial charge >= 0.3 is 6.18 Å². The molecular formula is C25H18ClF3N5O4-. The Kier molecular flexibility index (Phi) is 7.26. The van der Waals surface area contributed by atoms with Crippen LogP contribution in [0.1, 0.15) is 31.8 Å². The van der Waals surface area contributed by atoms with Crippen LogP contribution in [0.5, 0.6) is 0 Å². The Bertz CT molecular complexity index is 1570. The summed E-state index contributed by atoms with van der Waals surface area (Å²) in [5.41, 5.74) is -0.510. The average Bonchev–Trinajstić information content (AvgIpc) is 3.27. The minimum atomic E-state index is -4.76. The fourth-order valence-electron chi connectivity index (χ4n) is 3.66. The van der Waals surface area contributed by atoms with E-state index in [2.05, 4.69) is 25.9 Å². The van der Waals surface area contributed by atoms with Gasteiger partial charge in [-0.25, -0.2) is 4.98 Å². The van der Waals surface area contributed by atoms with Crippen LogP contribution in [0.2, 0.25) is 5.02 Å². The van der Waals surface area contributed by atoms with E-state index in [-0.39, 0.29) is 28.2 Å². The van der Waals surface area contributed by atoms with Crippen LogP contribution in [-0.2, 0) is 11.0 Å². The summed E-state index contributed by atoms with van der Waals surface area (Å²) in [6.45, 7) is 1.11. The maximum Gasteiger partial charge on any atom is 0.417 e. The lowest BCUT2D eigenvalue weighted by atomic mass is 10.1. The van der Waals surface area contributed by atoms with Crippen LogP contribution >= 0.6 is 11.6 Å². The summed E-state index contributed by atoms with van der Waals surface area (Å²) >= 11 is 6.13. The number of carbonyl (C=O) groups excluding carboxylic acids is 3. The van der Waals surface area contributed by atoms with E-state index in [1.165, 1.54) is 18.2 Å². The zero-order valence-electron chi connectivity index (χ0n) is 19.5. The summed E-state index contributed by atoms with van der Waals surface area (Å²) in [5, 5.41) is 18.8. The predicted octanol–water partition coefficient (Wildman–Crippen LogP) is 4.21. The number of alkyl halides is 3. The van der Waals surface area contributed by atoms with Gasteiger partial charge in [0.25, 0.3) is 11.8 Å². The van der Waals surface area contributed by atoms with Gasteiger partial charge in [-0.15, -0.1) is 0 Å². The largest absolute Gasteiger partial charge is 0.548 e. The number of anilines is 3. The highest BCUT2D eigenvalue weighted by Gasteiger charge is 2.35. The number of nitrogens with one attached hydrogen (secondary N) is 4. The molecule has 1 heterocycles. The number of nitrogens with zero attached hydrogens (tertiary/aromatic N) is 1. The third-order valence-corrected chi connectivity index (χ3v) is 5.89. The molecule has 4 aromatic rings. The summed E-state index contributed by atoms with van der Waals surface area (Å²) in [4.78, 5) is 43.9. The number of hydrogen-bond donors (Lipinski definition) is 4. The normalized spacial score (nSPS) is 11.3. The molecule has 196 valence electrons. The Morgan fingerprint density at radius 1 is 1.00 bits per heavy atom. The van der Waals surface area contributed by atoms with Crippen LogP contribution in [0.25, 0.3) is 11.0 Å². The molecule has 0 aliphatic rings. The van der Waals surface area contributed by atoms with Gasteiger partial charge in [0.15, 0.2) is 0 Å². The van der Waals surface area contributed by atoms with Crippen molar-refractivity contribution in [3.63, 3.8) is 0 Å². The highest BCUT2D eigenvalue weighted by molar-refractivity contribution is 6.31. The number of rotatable bonds is 7. The van der Waals surface area contributed by atoms with Crippen molar-refractivity contribution in [2.24, 2.45) is 0 Å². The first kappa shape index (κ1) is 26.5. The quantitative estimate of drug-likeness (QED) is 0.275. The first-order valence-electron chi connectivity index (χ1n) is 11.0. The van der Waals surface area contributed by atoms with Crippen molar-refractivity contribution in [1.29, 1.82) is 0 Å². The van der Waals surface area contributed by atoms with Gasteiger partial charge in [0.1, 0.15) is 5.52 Å². The van der Waals surface area contributed by atoms with Gasteiger partial charge in [-0.3, -0.25) is 9.59 Å². The number of carbonyl (C=O) groups is 3. The molecule has 0 bridgehead atoms. The van der Waals surface area contributed by atoms with Crippen molar-refractivity contribution in [3.05, 3.63) is 81.9 Å². The van der Waals surface area contributed by atoms with Crippen molar-refractivity contribution in [3.8, 4) is 0 Å². The number of H-pyrrole nitrogens is 1. The van der Waals surface area contributed by atoms with Gasteiger partial charge in [-0.2, -0.15) is 13.2 Å². The SMILES string of the molecule is Cc1c(Cl)cccc1NC(=O)c1cc(NC(=O)c2ccccc2C(F)(F)F)cc2[nH]c(NCC(=O)[O-])nc12. The molecular weight excluding hydrogens is 527 g/mol. The number of amides is 2. The van der Waals surface area contributed by atoms with E-state index in [1.54, 1.807) is 25.1 Å². The van der Waals surface area contributed by atoms with Crippen LogP contribution in [0, 0.1) is 6.92 Å². The molecule has 38 heavy (non-hydrogen) atoms. The molecule has 3 aromatic carbocycles. The molecule has 0 saturated carbocycles. The van der Waals surface area contributed by atoms with Crippen LogP contribution in [0.4, 0.5) is 30.5 Å². The zero-order valence-corrected chi connectivity index (χ0v) is 20.3. The summed E-state index contributed by atoms with van der Waals surface area (Å²) < 4.78 is 40.3. The Balaban J connectivity index is 1.74. The van der Waals surface area contributed by atoms with Crippen LogP contribution in [-0.4, -0.2) is 34.3 Å². The van der Waals surface area contributed by atoms with E-state index in [0.29, 0.717) is 16.3 Å². The van der Waals surface area contributed by atoms with E-state index < -0.39 is 41.6 Å². The molecule has 4 N–H and O–H groups in total. The summed E-state index contributed by atoms with van der Waals surface area (Å²) in [6, 6.07) is 11.8. The Morgan fingerprint density at radius 2 is 1.71 bits per heavy atom. The molecule has 0 atom stereocenters. The monoisotopic (exact) mass is 544 g/mol. The van der Waals surface area contributed by atoms with Crippen LogP contribution < -0.4 is 21.1 Å². The lowest BCUT2D eigenvalue weighted by Crippen LogP contribution is -2.30. The molecule has 2 amide bonds. The van der Waals surface area contributed by atoms with E-state index in [1.807, 2.05) is 0 Å². The van der Waals surface area contributed by atoms with E-state index in [4.69, 9.17) is 11.6 Å². The molecule has 0 unspecified atom stereocenters. The summed E-state index contributed by atoms with van der Waals surface area (Å²) in [5.74, 6) is -3.13. The van der Waals surface area contributed by atoms with Gasteiger partial charge in [-0.05, 0) is 48.9 Å². The summed E-state index contributed by atoms with van der Waals surface area (Å²) in [7, 11) is 0. The topological polar surface area (TPSA) is 139 Å². The minimum absolute atomic E-state index is 0.0110. The highest BCUT2D eigenvalue weighted by atomic mass is 35.5. The van der Waals surface area contributed by atoms with E-state index >= 15 is 0 Å². The van der Waals surface area contributed by atoms with Gasteiger partial charge < -0.3 is 30.8 Å². The van der Waals surface area contributed by atoms with E-state index in [9.17, 15) is 32.7 Å². The van der Waals surface area contributed by atoms with Crippen molar-refractivity contribution in [2.75, 3.05) is 22.5 Å². The second-order valence-electron chi connectivity index (χ2n) is 8.09. The van der Waals surface area contributed by atoms with Crippen molar-refractivity contribution < 1.29 is 32.7 Å². The maximum atomic E-state index is 13.4. The van der Waals surface area contributed by atoms with Crippen molar-refractivity contribution >= 4 is 57.7 Å². The average molecular weight is 545 g/mol. The smallest absolute Gasteiger partial charge is 0.417 e. The predicted molar refractivity (Wildman–Crippen MR) is 133 cm³/mol. The van der Waals surface area contributed by atoms with Gasteiger partial charge in [0.05, 0.1) is 34.7 Å². The number of imidazole rings is 1. The molecule has 0 saturated heterocycles. The number of benzene rings is 3. The molecule has 1 aromatic heterocycles. The Hall–Kier alpha value is -4.58. The first-order valence-corrected chi connectivity index (χ1v) is 11.3. The summed E-state index contributed by atoms with van der Waals surface area (Å²) in [6.07, 6.45) is -4.76. The highest BCUT2D eigenvalue weighted by Crippen LogP contribution is 2.33. The fraction of sp³-hybridized carbons (Fsp3) is 0.120. The second-order valence-corrected chi connectivity index (χ2v) is 8.50. The van der Waals surface area contributed by atoms with Crippen molar-refractivity contribution in [2.45, 2.75) is 13.1 Å². The van der Waals surface area contributed by atoms with Crippen molar-refractivity contribution in [1.82, 2.24) is 9.97 Å². The van der Waals surface area contributed by atoms with Gasteiger partial charge in [0.2, 0.25) is 5.95 Å². The molecule has 0 aliphatic carbocycles. The van der Waals surface area contributed by atoms with E-state index in [0.717, 1.165) is 18.2 Å². The lowest BCUT2D eigenvalue weighted by Gasteiger charge is -2.14.